The number of aliphatic hydroxyl groups excluding tert-OH is 2. The summed E-state index contributed by atoms with van der Waals surface area (Å²) in [5, 5.41) is 31.4. The highest BCUT2D eigenvalue weighted by atomic mass is 16.7. The number of carboxylic acids is 1. The van der Waals surface area contributed by atoms with Gasteiger partial charge in [0.15, 0.2) is 24.6 Å². The van der Waals surface area contributed by atoms with Crippen LogP contribution in [-0.4, -0.2) is 89.2 Å². The van der Waals surface area contributed by atoms with Gasteiger partial charge in [0.2, 0.25) is 0 Å². The van der Waals surface area contributed by atoms with Gasteiger partial charge < -0.3 is 39.0 Å². The van der Waals surface area contributed by atoms with Crippen molar-refractivity contribution in [3.63, 3.8) is 0 Å². The highest BCUT2D eigenvalue weighted by Crippen LogP contribution is 2.26. The summed E-state index contributed by atoms with van der Waals surface area (Å²) in [7, 11) is 0. The molecule has 6 unspecified atom stereocenters. The van der Waals surface area contributed by atoms with E-state index in [9.17, 15) is 34.5 Å². The lowest BCUT2D eigenvalue weighted by Gasteiger charge is -2.40. The van der Waals surface area contributed by atoms with Gasteiger partial charge in [0.05, 0.1) is 6.61 Å². The average Bonchev–Trinajstić information content (AvgIpc) is 3.37. The minimum atomic E-state index is -1.92. The highest BCUT2D eigenvalue weighted by Gasteiger charge is 2.50. The number of hydrogen-bond donors (Lipinski definition) is 3. The van der Waals surface area contributed by atoms with E-state index < -0.39 is 67.3 Å². The Labute approximate surface area is 441 Å². The van der Waals surface area contributed by atoms with Crippen molar-refractivity contribution in [1.29, 1.82) is 0 Å². The fourth-order valence-corrected chi connectivity index (χ4v) is 8.10. The zero-order valence-electron chi connectivity index (χ0n) is 45.6. The minimum absolute atomic E-state index is 0.0183. The van der Waals surface area contributed by atoms with Gasteiger partial charge in [-0.3, -0.25) is 14.4 Å². The van der Waals surface area contributed by atoms with Crippen LogP contribution in [0.5, 0.6) is 0 Å². The molecule has 0 bridgehead atoms. The van der Waals surface area contributed by atoms with Gasteiger partial charge in [-0.1, -0.05) is 183 Å². The molecule has 0 aromatic rings. The van der Waals surface area contributed by atoms with E-state index in [2.05, 4.69) is 106 Å². The number of carbonyl (C=O) groups is 4. The molecule has 0 amide bonds. The first-order valence-electron chi connectivity index (χ1n) is 28.6. The van der Waals surface area contributed by atoms with E-state index >= 15 is 0 Å². The lowest BCUT2D eigenvalue weighted by Crippen LogP contribution is -2.61. The van der Waals surface area contributed by atoms with Crippen LogP contribution < -0.4 is 0 Å². The number of unbranched alkanes of at least 4 members (excludes halogenated alkanes) is 19. The van der Waals surface area contributed by atoms with E-state index in [1.165, 1.54) is 57.8 Å². The van der Waals surface area contributed by atoms with Gasteiger partial charge >= 0.3 is 23.9 Å². The number of esters is 3. The molecule has 3 N–H and O–H groups in total. The lowest BCUT2D eigenvalue weighted by atomic mass is 9.98. The number of carbonyl (C=O) groups excluding carboxylic acids is 3. The normalized spacial score (nSPS) is 18.9. The van der Waals surface area contributed by atoms with Crippen molar-refractivity contribution in [3.8, 4) is 0 Å². The number of hydrogen-bond acceptors (Lipinski definition) is 11. The third-order valence-corrected chi connectivity index (χ3v) is 12.4. The van der Waals surface area contributed by atoms with Crippen molar-refractivity contribution in [1.82, 2.24) is 0 Å². The molecular formula is C61H100O12. The van der Waals surface area contributed by atoms with E-state index in [-0.39, 0.29) is 25.9 Å². The number of aliphatic hydroxyl groups is 2. The Morgan fingerprint density at radius 2 is 0.863 bits per heavy atom. The number of carboxylic acid groups (broad SMARTS) is 1. The summed E-state index contributed by atoms with van der Waals surface area (Å²) in [4.78, 5) is 51.0. The Kier molecular flexibility index (Phi) is 44.7. The Balaban J connectivity index is 2.73. The molecular weight excluding hydrogens is 925 g/mol. The molecule has 73 heavy (non-hydrogen) atoms. The maximum atomic E-state index is 13.1. The molecule has 12 heteroatoms. The quantitative estimate of drug-likeness (QED) is 0.0228. The average molecular weight is 1030 g/mol. The van der Waals surface area contributed by atoms with Crippen LogP contribution in [0.3, 0.4) is 0 Å². The van der Waals surface area contributed by atoms with Crippen molar-refractivity contribution in [2.75, 3.05) is 13.2 Å². The molecule has 6 atom stereocenters. The third kappa shape index (κ3) is 39.0. The molecule has 1 saturated heterocycles. The lowest BCUT2D eigenvalue weighted by molar-refractivity contribution is -0.301. The third-order valence-electron chi connectivity index (χ3n) is 12.4. The Morgan fingerprint density at radius 3 is 1.34 bits per heavy atom. The second-order valence-corrected chi connectivity index (χ2v) is 19.2. The molecule has 12 nitrogen and oxygen atoms in total. The molecule has 0 spiro atoms. The Hall–Kier alpha value is -4.10. The van der Waals surface area contributed by atoms with Crippen LogP contribution in [0.4, 0.5) is 0 Å². The van der Waals surface area contributed by atoms with Crippen molar-refractivity contribution in [2.24, 2.45) is 0 Å². The van der Waals surface area contributed by atoms with Gasteiger partial charge in [0.25, 0.3) is 0 Å². The molecule has 416 valence electrons. The van der Waals surface area contributed by atoms with E-state index in [0.717, 1.165) is 109 Å². The predicted molar refractivity (Wildman–Crippen MR) is 294 cm³/mol. The van der Waals surface area contributed by atoms with Crippen LogP contribution in [0.15, 0.2) is 85.1 Å². The molecule has 0 aliphatic carbocycles. The molecule has 1 fully saturated rings. The summed E-state index contributed by atoms with van der Waals surface area (Å²) < 4.78 is 28.3. The summed E-state index contributed by atoms with van der Waals surface area (Å²) in [6, 6.07) is 0. The van der Waals surface area contributed by atoms with Crippen LogP contribution in [0, 0.1) is 0 Å². The zero-order valence-corrected chi connectivity index (χ0v) is 45.6. The zero-order chi connectivity index (χ0) is 53.3. The first-order chi connectivity index (χ1) is 35.6. The van der Waals surface area contributed by atoms with Gasteiger partial charge in [0.1, 0.15) is 18.8 Å². The Morgan fingerprint density at radius 1 is 0.466 bits per heavy atom. The second-order valence-electron chi connectivity index (χ2n) is 19.2. The molecule has 1 heterocycles. The summed E-state index contributed by atoms with van der Waals surface area (Å²) >= 11 is 0. The van der Waals surface area contributed by atoms with Crippen LogP contribution in [0.25, 0.3) is 0 Å². The second kappa shape index (κ2) is 48.8. The molecule has 1 aliphatic rings. The van der Waals surface area contributed by atoms with Crippen LogP contribution >= 0.6 is 0 Å². The van der Waals surface area contributed by atoms with Crippen LogP contribution in [0.1, 0.15) is 226 Å². The summed E-state index contributed by atoms with van der Waals surface area (Å²) in [5.74, 6) is -3.21. The van der Waals surface area contributed by atoms with Crippen molar-refractivity contribution >= 4 is 23.9 Å². The number of allylic oxidation sites excluding steroid dienone is 14. The van der Waals surface area contributed by atoms with E-state index in [4.69, 9.17) is 23.7 Å². The Bertz CT molecular complexity index is 1590. The van der Waals surface area contributed by atoms with Crippen molar-refractivity contribution < 1.29 is 58.2 Å². The molecule has 1 rings (SSSR count). The standard InChI is InChI=1S/C61H100O12/c1-4-7-10-13-16-19-22-25-26-27-28-31-32-35-38-41-44-47-53(62)69-50-52(71-54(63)48-45-42-39-36-33-29-23-20-17-14-11-8-5-2)51-70-61-59(57(66)56(65)58(73-61)60(67)68)72-55(64)49-46-43-40-37-34-30-24-21-18-15-12-9-6-3/h8-9,11-12,17-18,20-21,25-26,29-30,33-34,52,56-59,61,65-66H,4-7,10,13-16,19,22-24,27-28,31-32,35-51H2,1-3H3,(H,67,68)/b11-8-,12-9-,20-17-,21-18-,26-25-,33-29-,34-30-. The fraction of sp³-hybridized carbons (Fsp3) is 0.705. The number of aliphatic carboxylic acids is 1. The SMILES string of the molecule is CC/C=C\C/C=C\C/C=C\CCCCCC(=O)OC(COC(=O)CCCCCCCCC/C=C\CCCCCCCC)COC1OC(C(=O)O)C(O)C(O)C1OC(=O)CCCCC/C=C\C/C=C\C/C=C\CC. The van der Waals surface area contributed by atoms with E-state index in [0.29, 0.717) is 19.3 Å². The smallest absolute Gasteiger partial charge is 0.335 e. The monoisotopic (exact) mass is 1020 g/mol. The number of rotatable bonds is 47. The highest BCUT2D eigenvalue weighted by molar-refractivity contribution is 5.74. The maximum absolute atomic E-state index is 13.1. The van der Waals surface area contributed by atoms with Gasteiger partial charge in [-0.05, 0) is 109 Å². The largest absolute Gasteiger partial charge is 0.479 e. The fourth-order valence-electron chi connectivity index (χ4n) is 8.10. The summed E-state index contributed by atoms with van der Waals surface area (Å²) in [5.41, 5.74) is 0. The van der Waals surface area contributed by atoms with Crippen molar-refractivity contribution in [3.05, 3.63) is 85.1 Å². The molecule has 1 aliphatic heterocycles. The van der Waals surface area contributed by atoms with Crippen molar-refractivity contribution in [2.45, 2.75) is 263 Å². The van der Waals surface area contributed by atoms with Crippen LogP contribution in [-0.2, 0) is 42.9 Å². The topological polar surface area (TPSA) is 175 Å². The predicted octanol–water partition coefficient (Wildman–Crippen LogP) is 14.3. The molecule has 0 aromatic carbocycles. The van der Waals surface area contributed by atoms with E-state index in [1.807, 2.05) is 0 Å². The molecule has 0 aromatic heterocycles. The molecule has 0 saturated carbocycles. The summed E-state index contributed by atoms with van der Waals surface area (Å²) in [6.45, 7) is 5.70. The van der Waals surface area contributed by atoms with Gasteiger partial charge in [-0.2, -0.15) is 0 Å². The first-order valence-corrected chi connectivity index (χ1v) is 28.6. The minimum Gasteiger partial charge on any atom is -0.479 e. The van der Waals surface area contributed by atoms with Crippen LogP contribution in [0.2, 0.25) is 0 Å². The van der Waals surface area contributed by atoms with Gasteiger partial charge in [0, 0.05) is 19.3 Å². The summed E-state index contributed by atoms with van der Waals surface area (Å²) in [6.07, 6.45) is 50.0. The first kappa shape index (κ1) is 66.9. The van der Waals surface area contributed by atoms with Gasteiger partial charge in [-0.15, -0.1) is 0 Å². The van der Waals surface area contributed by atoms with Gasteiger partial charge in [-0.25, -0.2) is 4.79 Å². The van der Waals surface area contributed by atoms with E-state index in [1.54, 1.807) is 0 Å². The number of ether oxygens (including phenoxy) is 5. The maximum Gasteiger partial charge on any atom is 0.335 e. The molecule has 0 radical (unpaired) electrons.